The molecule has 0 fully saturated rings. The highest BCUT2D eigenvalue weighted by atomic mass is 15.2. The highest BCUT2D eigenvalue weighted by Crippen LogP contribution is 2.40. The first kappa shape index (κ1) is 14.2. The monoisotopic (exact) mass is 280 g/mol. The molecule has 0 radical (unpaired) electrons. The average Bonchev–Trinajstić information content (AvgIpc) is 2.83. The number of benzene rings is 2. The van der Waals surface area contributed by atoms with Gasteiger partial charge in [-0.1, -0.05) is 43.3 Å². The van der Waals surface area contributed by atoms with Crippen LogP contribution in [0.3, 0.4) is 0 Å². The van der Waals surface area contributed by atoms with Crippen molar-refractivity contribution in [2.45, 2.75) is 39.3 Å². The largest absolute Gasteiger partial charge is 0.338 e. The van der Waals surface area contributed by atoms with Crippen LogP contribution in [-0.2, 0) is 6.42 Å². The lowest BCUT2D eigenvalue weighted by Gasteiger charge is -2.29. The Morgan fingerprint density at radius 2 is 1.76 bits per heavy atom. The lowest BCUT2D eigenvalue weighted by atomic mass is 10.0. The predicted molar refractivity (Wildman–Crippen MR) is 90.3 cm³/mol. The molecule has 0 bridgehead atoms. The molecule has 0 aromatic heterocycles. The molecule has 1 aliphatic rings. The van der Waals surface area contributed by atoms with Gasteiger partial charge < -0.3 is 10.2 Å². The third kappa shape index (κ3) is 2.56. The summed E-state index contributed by atoms with van der Waals surface area (Å²) in [5.74, 6) is 0. The molecule has 0 saturated carbocycles. The summed E-state index contributed by atoms with van der Waals surface area (Å²) in [7, 11) is 0. The van der Waals surface area contributed by atoms with Crippen molar-refractivity contribution in [1.29, 1.82) is 0 Å². The number of rotatable bonds is 4. The first-order chi connectivity index (χ1) is 10.2. The van der Waals surface area contributed by atoms with E-state index in [0.717, 1.165) is 13.0 Å². The van der Waals surface area contributed by atoms with Crippen molar-refractivity contribution in [3.05, 3.63) is 59.7 Å². The maximum atomic E-state index is 3.54. The fourth-order valence-electron chi connectivity index (χ4n) is 3.42. The lowest BCUT2D eigenvalue weighted by Crippen LogP contribution is -2.27. The lowest BCUT2D eigenvalue weighted by molar-refractivity contribution is 0.596. The quantitative estimate of drug-likeness (QED) is 0.890. The minimum absolute atomic E-state index is 0.367. The van der Waals surface area contributed by atoms with Crippen LogP contribution in [0.4, 0.5) is 11.4 Å². The van der Waals surface area contributed by atoms with Crippen molar-refractivity contribution in [3.63, 3.8) is 0 Å². The standard InChI is InChI=1S/C19H24N2/c1-4-20-15(3)17-10-6-8-12-19(17)21-14(2)13-16-9-5-7-11-18(16)21/h5-12,14-15,20H,4,13H2,1-3H3. The van der Waals surface area contributed by atoms with E-state index < -0.39 is 0 Å². The van der Waals surface area contributed by atoms with E-state index in [2.05, 4.69) is 79.5 Å². The molecule has 1 N–H and O–H groups in total. The molecular weight excluding hydrogens is 256 g/mol. The first-order valence-electron chi connectivity index (χ1n) is 7.91. The Labute approximate surface area is 127 Å². The van der Waals surface area contributed by atoms with E-state index in [1.807, 2.05) is 0 Å². The van der Waals surface area contributed by atoms with Crippen LogP contribution >= 0.6 is 0 Å². The van der Waals surface area contributed by atoms with Crippen molar-refractivity contribution in [1.82, 2.24) is 5.32 Å². The zero-order valence-electron chi connectivity index (χ0n) is 13.1. The molecule has 2 unspecified atom stereocenters. The minimum atomic E-state index is 0.367. The molecule has 0 amide bonds. The van der Waals surface area contributed by atoms with E-state index in [0.29, 0.717) is 12.1 Å². The summed E-state index contributed by atoms with van der Waals surface area (Å²) < 4.78 is 0. The Kier molecular flexibility index (Phi) is 3.98. The Morgan fingerprint density at radius 3 is 2.52 bits per heavy atom. The number of para-hydroxylation sites is 2. The summed E-state index contributed by atoms with van der Waals surface area (Å²) in [5, 5.41) is 3.54. The Bertz CT molecular complexity index is 620. The van der Waals surface area contributed by atoms with Crippen LogP contribution in [0.5, 0.6) is 0 Å². The summed E-state index contributed by atoms with van der Waals surface area (Å²) in [6.45, 7) is 7.71. The summed E-state index contributed by atoms with van der Waals surface area (Å²) in [5.41, 5.74) is 5.53. The number of hydrogen-bond acceptors (Lipinski definition) is 2. The normalized spacial score (nSPS) is 18.6. The second-order valence-corrected chi connectivity index (χ2v) is 5.89. The smallest absolute Gasteiger partial charge is 0.0461 e. The summed E-state index contributed by atoms with van der Waals surface area (Å²) in [6.07, 6.45) is 1.13. The SMILES string of the molecule is CCNC(C)c1ccccc1N1c2ccccc2CC1C. The average molecular weight is 280 g/mol. The highest BCUT2D eigenvalue weighted by Gasteiger charge is 2.28. The van der Waals surface area contributed by atoms with E-state index in [9.17, 15) is 0 Å². The highest BCUT2D eigenvalue weighted by molar-refractivity contribution is 5.73. The third-order valence-corrected chi connectivity index (χ3v) is 4.38. The molecule has 0 saturated heterocycles. The van der Waals surface area contributed by atoms with Crippen molar-refractivity contribution in [3.8, 4) is 0 Å². The van der Waals surface area contributed by atoms with Gasteiger partial charge in [0.2, 0.25) is 0 Å². The van der Waals surface area contributed by atoms with Crippen LogP contribution < -0.4 is 10.2 Å². The van der Waals surface area contributed by atoms with E-state index in [1.54, 1.807) is 0 Å². The van der Waals surface area contributed by atoms with Gasteiger partial charge in [0.25, 0.3) is 0 Å². The van der Waals surface area contributed by atoms with Crippen molar-refractivity contribution < 1.29 is 0 Å². The first-order valence-corrected chi connectivity index (χ1v) is 7.91. The molecular formula is C19H24N2. The molecule has 2 nitrogen and oxygen atoms in total. The van der Waals surface area contributed by atoms with Crippen LogP contribution in [0.25, 0.3) is 0 Å². The second-order valence-electron chi connectivity index (χ2n) is 5.89. The van der Waals surface area contributed by atoms with E-state index in [1.165, 1.54) is 22.5 Å². The van der Waals surface area contributed by atoms with E-state index >= 15 is 0 Å². The molecule has 2 aromatic rings. The van der Waals surface area contributed by atoms with Gasteiger partial charge in [-0.3, -0.25) is 0 Å². The fourth-order valence-corrected chi connectivity index (χ4v) is 3.42. The maximum absolute atomic E-state index is 3.54. The molecule has 2 aromatic carbocycles. The van der Waals surface area contributed by atoms with E-state index in [4.69, 9.17) is 0 Å². The zero-order valence-corrected chi connectivity index (χ0v) is 13.1. The summed E-state index contributed by atoms with van der Waals surface area (Å²) >= 11 is 0. The molecule has 21 heavy (non-hydrogen) atoms. The molecule has 1 heterocycles. The topological polar surface area (TPSA) is 15.3 Å². The second kappa shape index (κ2) is 5.90. The van der Waals surface area contributed by atoms with Gasteiger partial charge >= 0.3 is 0 Å². The Balaban J connectivity index is 2.05. The van der Waals surface area contributed by atoms with Gasteiger partial charge in [0.15, 0.2) is 0 Å². The predicted octanol–water partition coefficient (Wildman–Crippen LogP) is 4.44. The van der Waals surface area contributed by atoms with Gasteiger partial charge in [-0.15, -0.1) is 0 Å². The van der Waals surface area contributed by atoms with Crippen LogP contribution in [-0.4, -0.2) is 12.6 Å². The van der Waals surface area contributed by atoms with Gasteiger partial charge in [-0.2, -0.15) is 0 Å². The molecule has 2 heteroatoms. The van der Waals surface area contributed by atoms with Gasteiger partial charge in [0, 0.05) is 23.5 Å². The summed E-state index contributed by atoms with van der Waals surface area (Å²) in [4.78, 5) is 2.50. The molecule has 3 rings (SSSR count). The van der Waals surface area contributed by atoms with E-state index in [-0.39, 0.29) is 0 Å². The van der Waals surface area contributed by atoms with Crippen molar-refractivity contribution in [2.75, 3.05) is 11.4 Å². The molecule has 0 spiro atoms. The Hall–Kier alpha value is -1.80. The van der Waals surface area contributed by atoms with Gasteiger partial charge in [0.1, 0.15) is 0 Å². The van der Waals surface area contributed by atoms with Crippen molar-refractivity contribution >= 4 is 11.4 Å². The molecule has 2 atom stereocenters. The van der Waals surface area contributed by atoms with Crippen LogP contribution in [0.1, 0.15) is 37.9 Å². The number of nitrogens with one attached hydrogen (secondary N) is 1. The molecule has 110 valence electrons. The third-order valence-electron chi connectivity index (χ3n) is 4.38. The van der Waals surface area contributed by atoms with Crippen LogP contribution in [0, 0.1) is 0 Å². The van der Waals surface area contributed by atoms with Gasteiger partial charge in [-0.05, 0) is 50.1 Å². The zero-order chi connectivity index (χ0) is 14.8. The van der Waals surface area contributed by atoms with Gasteiger partial charge in [0.05, 0.1) is 0 Å². The number of anilines is 2. The summed E-state index contributed by atoms with van der Waals surface area (Å²) in [6, 6.07) is 18.4. The number of fused-ring (bicyclic) bond motifs is 1. The molecule has 1 aliphatic heterocycles. The number of hydrogen-bond donors (Lipinski definition) is 1. The van der Waals surface area contributed by atoms with Crippen LogP contribution in [0.15, 0.2) is 48.5 Å². The number of nitrogens with zero attached hydrogens (tertiary/aromatic N) is 1. The van der Waals surface area contributed by atoms with Crippen LogP contribution in [0.2, 0.25) is 0 Å². The fraction of sp³-hybridized carbons (Fsp3) is 0.368. The van der Waals surface area contributed by atoms with Crippen molar-refractivity contribution in [2.24, 2.45) is 0 Å². The Morgan fingerprint density at radius 1 is 1.10 bits per heavy atom. The minimum Gasteiger partial charge on any atom is -0.338 e. The maximum Gasteiger partial charge on any atom is 0.0461 e. The van der Waals surface area contributed by atoms with Gasteiger partial charge in [-0.25, -0.2) is 0 Å². The molecule has 0 aliphatic carbocycles.